The van der Waals surface area contributed by atoms with Gasteiger partial charge in [0.2, 0.25) is 5.91 Å². The molecule has 1 aliphatic rings. The summed E-state index contributed by atoms with van der Waals surface area (Å²) in [6, 6.07) is 9.79. The largest absolute Gasteiger partial charge is 0.487 e. The maximum absolute atomic E-state index is 13.6. The van der Waals surface area contributed by atoms with Crippen LogP contribution in [0.3, 0.4) is 0 Å². The minimum Gasteiger partial charge on any atom is -0.487 e. The van der Waals surface area contributed by atoms with Gasteiger partial charge in [0.05, 0.1) is 22.1 Å². The SMILES string of the molecule is Cc1cccc(CN(C(=O)[C@@H](CN)Cc2cnc(OCCOc3c(Cl)cc(C(C)O)cc3Cl)s2)C2CC2)c1C. The zero-order valence-electron chi connectivity index (χ0n) is 22.5. The highest BCUT2D eigenvalue weighted by Crippen LogP contribution is 2.36. The molecule has 1 fully saturated rings. The van der Waals surface area contributed by atoms with E-state index in [4.69, 9.17) is 38.4 Å². The third-order valence-electron chi connectivity index (χ3n) is 7.00. The zero-order chi connectivity index (χ0) is 28.1. The Bertz CT molecular complexity index is 1270. The molecule has 3 aromatic rings. The molecule has 10 heteroatoms. The second-order valence-corrected chi connectivity index (χ2v) is 11.9. The fourth-order valence-corrected chi connectivity index (χ4v) is 5.85. The Kier molecular flexibility index (Phi) is 10.1. The van der Waals surface area contributed by atoms with Gasteiger partial charge in [-0.1, -0.05) is 52.7 Å². The first-order valence-electron chi connectivity index (χ1n) is 13.1. The quantitative estimate of drug-likeness (QED) is 0.241. The van der Waals surface area contributed by atoms with Gasteiger partial charge < -0.3 is 25.2 Å². The molecule has 0 radical (unpaired) electrons. The number of amides is 1. The Labute approximate surface area is 243 Å². The molecule has 39 heavy (non-hydrogen) atoms. The Morgan fingerprint density at radius 1 is 1.21 bits per heavy atom. The Balaban J connectivity index is 1.31. The summed E-state index contributed by atoms with van der Waals surface area (Å²) >= 11 is 13.9. The minimum atomic E-state index is -0.681. The summed E-state index contributed by atoms with van der Waals surface area (Å²) in [6.45, 7) is 7.18. The number of benzene rings is 2. The molecule has 2 aromatic carbocycles. The van der Waals surface area contributed by atoms with E-state index in [1.165, 1.54) is 28.0 Å². The molecule has 1 amide bonds. The second kappa shape index (κ2) is 13.3. The standard InChI is InChI=1S/C29H35Cl2N3O4S/c1-17-5-4-6-20(18(17)2)16-34(23-7-8-23)28(36)22(14-32)11-24-15-33-29(39-24)38-10-9-37-27-25(30)12-21(19(3)35)13-26(27)31/h4-6,12-13,15,19,22-23,35H,7-11,14,16,32H2,1-3H3/t19?,22-/m1/s1. The van der Waals surface area contributed by atoms with Crippen molar-refractivity contribution in [2.24, 2.45) is 11.7 Å². The number of hydrogen-bond donors (Lipinski definition) is 2. The third kappa shape index (κ3) is 7.64. The average Bonchev–Trinajstić information content (AvgIpc) is 3.65. The van der Waals surface area contributed by atoms with E-state index in [0.717, 1.165) is 17.7 Å². The summed E-state index contributed by atoms with van der Waals surface area (Å²) in [5, 5.41) is 10.9. The number of rotatable bonds is 13. The number of carbonyl (C=O) groups excluding carboxylic acids is 1. The molecular formula is C29H35Cl2N3O4S. The molecule has 1 heterocycles. The molecule has 1 saturated carbocycles. The van der Waals surface area contributed by atoms with E-state index in [1.54, 1.807) is 25.3 Å². The highest BCUT2D eigenvalue weighted by Gasteiger charge is 2.36. The van der Waals surface area contributed by atoms with E-state index in [0.29, 0.717) is 39.5 Å². The van der Waals surface area contributed by atoms with Gasteiger partial charge >= 0.3 is 0 Å². The molecule has 1 aliphatic carbocycles. The molecule has 0 saturated heterocycles. The summed E-state index contributed by atoms with van der Waals surface area (Å²) in [7, 11) is 0. The lowest BCUT2D eigenvalue weighted by Crippen LogP contribution is -2.41. The van der Waals surface area contributed by atoms with Crippen LogP contribution in [0.15, 0.2) is 36.5 Å². The van der Waals surface area contributed by atoms with Crippen LogP contribution in [0.25, 0.3) is 0 Å². The molecule has 7 nitrogen and oxygen atoms in total. The lowest BCUT2D eigenvalue weighted by Gasteiger charge is -2.27. The van der Waals surface area contributed by atoms with Crippen molar-refractivity contribution in [3.63, 3.8) is 0 Å². The van der Waals surface area contributed by atoms with Crippen molar-refractivity contribution in [3.8, 4) is 10.9 Å². The first kappa shape index (κ1) is 29.6. The van der Waals surface area contributed by atoms with E-state index in [1.807, 2.05) is 11.0 Å². The van der Waals surface area contributed by atoms with Gasteiger partial charge in [0.15, 0.2) is 5.75 Å². The molecule has 0 aliphatic heterocycles. The van der Waals surface area contributed by atoms with E-state index in [-0.39, 0.29) is 37.6 Å². The van der Waals surface area contributed by atoms with Gasteiger partial charge in [-0.3, -0.25) is 4.79 Å². The van der Waals surface area contributed by atoms with E-state index in [2.05, 4.69) is 31.0 Å². The molecule has 1 aromatic heterocycles. The van der Waals surface area contributed by atoms with Crippen LogP contribution in [0.4, 0.5) is 0 Å². The van der Waals surface area contributed by atoms with Crippen molar-refractivity contribution in [1.82, 2.24) is 9.88 Å². The number of thiazole rings is 1. The van der Waals surface area contributed by atoms with Crippen molar-refractivity contribution >= 4 is 40.4 Å². The van der Waals surface area contributed by atoms with Crippen LogP contribution in [0.1, 0.15) is 53.0 Å². The number of nitrogens with zero attached hydrogens (tertiary/aromatic N) is 2. The molecule has 0 bridgehead atoms. The van der Waals surface area contributed by atoms with Crippen LogP contribution in [0.2, 0.25) is 10.0 Å². The van der Waals surface area contributed by atoms with E-state index >= 15 is 0 Å². The predicted molar refractivity (Wildman–Crippen MR) is 156 cm³/mol. The number of nitrogens with two attached hydrogens (primary N) is 1. The van der Waals surface area contributed by atoms with Gasteiger partial charge in [-0.2, -0.15) is 0 Å². The number of ether oxygens (including phenoxy) is 2. The van der Waals surface area contributed by atoms with Crippen molar-refractivity contribution in [2.45, 2.75) is 58.7 Å². The lowest BCUT2D eigenvalue weighted by molar-refractivity contribution is -0.136. The molecule has 210 valence electrons. The molecule has 4 rings (SSSR count). The number of aliphatic hydroxyl groups excluding tert-OH is 1. The van der Waals surface area contributed by atoms with Gasteiger partial charge in [-0.25, -0.2) is 4.98 Å². The molecular weight excluding hydrogens is 557 g/mol. The average molecular weight is 593 g/mol. The Morgan fingerprint density at radius 2 is 1.90 bits per heavy atom. The fraction of sp³-hybridized carbons (Fsp3) is 0.448. The fourth-order valence-electron chi connectivity index (χ4n) is 4.37. The molecule has 3 N–H and O–H groups in total. The summed E-state index contributed by atoms with van der Waals surface area (Å²) in [6.07, 6.45) is 3.65. The number of aryl methyl sites for hydroxylation is 1. The minimum absolute atomic E-state index is 0.0977. The summed E-state index contributed by atoms with van der Waals surface area (Å²) in [5.41, 5.74) is 10.4. The van der Waals surface area contributed by atoms with Crippen LogP contribution in [-0.2, 0) is 17.8 Å². The number of halogens is 2. The number of hydrogen-bond acceptors (Lipinski definition) is 7. The van der Waals surface area contributed by atoms with Crippen molar-refractivity contribution in [2.75, 3.05) is 19.8 Å². The van der Waals surface area contributed by atoms with Gasteiger partial charge in [0.1, 0.15) is 13.2 Å². The predicted octanol–water partition coefficient (Wildman–Crippen LogP) is 5.89. The highest BCUT2D eigenvalue weighted by molar-refractivity contribution is 7.13. The van der Waals surface area contributed by atoms with Gasteiger partial charge in [-0.05, 0) is 74.4 Å². The van der Waals surface area contributed by atoms with E-state index < -0.39 is 6.10 Å². The van der Waals surface area contributed by atoms with Gasteiger partial charge in [0.25, 0.3) is 5.19 Å². The van der Waals surface area contributed by atoms with Crippen molar-refractivity contribution < 1.29 is 19.4 Å². The van der Waals surface area contributed by atoms with Crippen LogP contribution in [0.5, 0.6) is 10.9 Å². The zero-order valence-corrected chi connectivity index (χ0v) is 24.8. The first-order valence-corrected chi connectivity index (χ1v) is 14.7. The van der Waals surface area contributed by atoms with Crippen molar-refractivity contribution in [3.05, 3.63) is 73.7 Å². The van der Waals surface area contributed by atoms with Gasteiger partial charge in [-0.15, -0.1) is 0 Å². The molecule has 0 spiro atoms. The van der Waals surface area contributed by atoms with Crippen LogP contribution < -0.4 is 15.2 Å². The Morgan fingerprint density at radius 3 is 2.54 bits per heavy atom. The topological polar surface area (TPSA) is 97.9 Å². The second-order valence-electron chi connectivity index (χ2n) is 9.97. The number of aliphatic hydroxyl groups is 1. The first-order chi connectivity index (χ1) is 18.7. The third-order valence-corrected chi connectivity index (χ3v) is 8.49. The monoisotopic (exact) mass is 591 g/mol. The normalized spacial score (nSPS) is 14.6. The molecule has 2 atom stereocenters. The highest BCUT2D eigenvalue weighted by atomic mass is 35.5. The summed E-state index contributed by atoms with van der Waals surface area (Å²) in [4.78, 5) is 20.9. The smallest absolute Gasteiger partial charge is 0.273 e. The lowest BCUT2D eigenvalue weighted by atomic mass is 10.00. The summed E-state index contributed by atoms with van der Waals surface area (Å²) in [5.74, 6) is 0.123. The maximum Gasteiger partial charge on any atom is 0.273 e. The Hall–Kier alpha value is -2.36. The maximum atomic E-state index is 13.6. The van der Waals surface area contributed by atoms with Crippen LogP contribution >= 0.6 is 34.5 Å². The molecule has 1 unspecified atom stereocenters. The van der Waals surface area contributed by atoms with Crippen LogP contribution in [-0.4, -0.2) is 46.7 Å². The van der Waals surface area contributed by atoms with E-state index in [9.17, 15) is 9.90 Å². The van der Waals surface area contributed by atoms with Crippen molar-refractivity contribution in [1.29, 1.82) is 0 Å². The van der Waals surface area contributed by atoms with Gasteiger partial charge in [0, 0.05) is 30.2 Å². The van der Waals surface area contributed by atoms with Crippen LogP contribution in [0, 0.1) is 19.8 Å². The summed E-state index contributed by atoms with van der Waals surface area (Å²) < 4.78 is 11.5. The number of carbonyl (C=O) groups is 1. The number of aromatic nitrogens is 1.